The summed E-state index contributed by atoms with van der Waals surface area (Å²) in [5, 5.41) is 2.39. The van der Waals surface area contributed by atoms with Crippen molar-refractivity contribution in [2.75, 3.05) is 5.73 Å². The minimum atomic E-state index is 0.254. The van der Waals surface area contributed by atoms with Crippen LogP contribution in [-0.4, -0.2) is 10.8 Å². The molecular weight excluding hydrogens is 220 g/mol. The molecule has 4 heteroatoms. The number of unbranched alkanes of at least 4 members (excludes halogenated alkanes) is 3. The molecule has 1 aromatic rings. The van der Waals surface area contributed by atoms with Gasteiger partial charge < -0.3 is 5.73 Å². The van der Waals surface area contributed by atoms with E-state index in [9.17, 15) is 4.79 Å². The number of hydrogen-bond donors (Lipinski definition) is 1. The van der Waals surface area contributed by atoms with Crippen molar-refractivity contribution in [2.24, 2.45) is 0 Å². The van der Waals surface area contributed by atoms with Crippen molar-refractivity contribution in [2.45, 2.75) is 38.5 Å². The molecule has 0 bridgehead atoms. The van der Waals surface area contributed by atoms with Crippen molar-refractivity contribution in [1.82, 2.24) is 4.98 Å². The molecule has 1 rings (SSSR count). The molecule has 0 unspecified atom stereocenters. The molecule has 0 aliphatic rings. The van der Waals surface area contributed by atoms with Gasteiger partial charge in [0.25, 0.3) is 0 Å². The van der Waals surface area contributed by atoms with E-state index in [1.807, 2.05) is 11.5 Å². The number of Topliss-reactive ketones (excluding diaryl/α,β-unsaturated/α-hetero) is 1. The molecule has 0 aliphatic carbocycles. The Kier molecular flexibility index (Phi) is 5.78. The van der Waals surface area contributed by atoms with Crippen molar-refractivity contribution in [3.63, 3.8) is 0 Å². The molecule has 1 aromatic heterocycles. The van der Waals surface area contributed by atoms with Gasteiger partial charge in [-0.3, -0.25) is 4.79 Å². The largest absolute Gasteiger partial charge is 0.375 e. The summed E-state index contributed by atoms with van der Waals surface area (Å²) in [6, 6.07) is 0. The first-order valence-electron chi connectivity index (χ1n) is 5.55. The fourth-order valence-corrected chi connectivity index (χ4v) is 2.04. The number of carbonyl (C=O) groups is 1. The lowest BCUT2D eigenvalue weighted by molar-refractivity contribution is -0.118. The lowest BCUT2D eigenvalue weighted by Crippen LogP contribution is -2.03. The molecular formula is C12H18N2OS. The van der Waals surface area contributed by atoms with Crippen LogP contribution in [0.5, 0.6) is 0 Å². The Hall–Kier alpha value is -1.16. The highest BCUT2D eigenvalue weighted by molar-refractivity contribution is 7.13. The SMILES string of the molecule is C=CCCCCCC(=O)Cc1csc(N)n1. The number of nitrogen functional groups attached to an aromatic ring is 1. The number of nitrogens with two attached hydrogens (primary N) is 1. The van der Waals surface area contributed by atoms with Crippen LogP contribution in [0.1, 0.15) is 37.8 Å². The minimum Gasteiger partial charge on any atom is -0.375 e. The second-order valence-electron chi connectivity index (χ2n) is 3.78. The second-order valence-corrected chi connectivity index (χ2v) is 4.67. The predicted molar refractivity (Wildman–Crippen MR) is 68.5 cm³/mol. The van der Waals surface area contributed by atoms with Gasteiger partial charge in [-0.2, -0.15) is 0 Å². The Labute approximate surface area is 100 Å². The topological polar surface area (TPSA) is 56.0 Å². The van der Waals surface area contributed by atoms with Gasteiger partial charge in [0, 0.05) is 18.2 Å². The van der Waals surface area contributed by atoms with Crippen molar-refractivity contribution < 1.29 is 4.79 Å². The average molecular weight is 238 g/mol. The quantitative estimate of drug-likeness (QED) is 0.559. The van der Waals surface area contributed by atoms with Gasteiger partial charge in [-0.15, -0.1) is 17.9 Å². The first kappa shape index (κ1) is 12.9. The summed E-state index contributed by atoms with van der Waals surface area (Å²) in [7, 11) is 0. The molecule has 2 N–H and O–H groups in total. The first-order valence-corrected chi connectivity index (χ1v) is 6.43. The predicted octanol–water partition coefficient (Wildman–Crippen LogP) is 2.97. The summed E-state index contributed by atoms with van der Waals surface area (Å²) < 4.78 is 0. The maximum Gasteiger partial charge on any atom is 0.180 e. The third-order valence-electron chi connectivity index (χ3n) is 2.31. The van der Waals surface area contributed by atoms with Gasteiger partial charge in [0.15, 0.2) is 5.13 Å². The standard InChI is InChI=1S/C12H18N2OS/c1-2-3-4-5-6-7-11(15)8-10-9-16-12(13)14-10/h2,9H,1,3-8H2,(H2,13,14). The van der Waals surface area contributed by atoms with E-state index in [1.165, 1.54) is 11.3 Å². The summed E-state index contributed by atoms with van der Waals surface area (Å²) in [6.45, 7) is 3.67. The number of rotatable bonds is 8. The molecule has 1 heterocycles. The molecule has 0 amide bonds. The number of aromatic nitrogens is 1. The highest BCUT2D eigenvalue weighted by Crippen LogP contribution is 2.13. The fraction of sp³-hybridized carbons (Fsp3) is 0.500. The molecule has 88 valence electrons. The molecule has 3 nitrogen and oxygen atoms in total. The molecule has 16 heavy (non-hydrogen) atoms. The zero-order valence-corrected chi connectivity index (χ0v) is 10.3. The van der Waals surface area contributed by atoms with Crippen LogP contribution in [0.4, 0.5) is 5.13 Å². The number of carbonyl (C=O) groups excluding carboxylic acids is 1. The maximum atomic E-state index is 11.6. The highest BCUT2D eigenvalue weighted by Gasteiger charge is 2.06. The lowest BCUT2D eigenvalue weighted by Gasteiger charge is -1.98. The van der Waals surface area contributed by atoms with E-state index >= 15 is 0 Å². The van der Waals surface area contributed by atoms with E-state index in [1.54, 1.807) is 0 Å². The molecule has 0 fully saturated rings. The Bertz CT molecular complexity index is 347. The van der Waals surface area contributed by atoms with E-state index < -0.39 is 0 Å². The minimum absolute atomic E-state index is 0.254. The number of nitrogens with zero attached hydrogens (tertiary/aromatic N) is 1. The molecule has 0 saturated heterocycles. The van der Waals surface area contributed by atoms with Gasteiger partial charge in [-0.1, -0.05) is 12.5 Å². The summed E-state index contributed by atoms with van der Waals surface area (Å²) in [5.41, 5.74) is 6.30. The van der Waals surface area contributed by atoms with E-state index in [4.69, 9.17) is 5.73 Å². The molecule has 0 aliphatic heterocycles. The highest BCUT2D eigenvalue weighted by atomic mass is 32.1. The van der Waals surface area contributed by atoms with Crippen LogP contribution in [0.3, 0.4) is 0 Å². The van der Waals surface area contributed by atoms with Gasteiger partial charge in [0.2, 0.25) is 0 Å². The van der Waals surface area contributed by atoms with Gasteiger partial charge in [-0.05, 0) is 19.3 Å². The molecule has 0 saturated carbocycles. The monoisotopic (exact) mass is 238 g/mol. The fourth-order valence-electron chi connectivity index (χ4n) is 1.48. The molecule has 0 spiro atoms. The van der Waals surface area contributed by atoms with Gasteiger partial charge >= 0.3 is 0 Å². The van der Waals surface area contributed by atoms with E-state index in [0.717, 1.165) is 31.4 Å². The molecule has 0 aromatic carbocycles. The third kappa shape index (κ3) is 5.07. The van der Waals surface area contributed by atoms with E-state index in [0.29, 0.717) is 18.0 Å². The van der Waals surface area contributed by atoms with Gasteiger partial charge in [-0.25, -0.2) is 4.98 Å². The summed E-state index contributed by atoms with van der Waals surface area (Å²) in [6.07, 6.45) is 7.21. The lowest BCUT2D eigenvalue weighted by atomic mass is 10.1. The van der Waals surface area contributed by atoms with Crippen molar-refractivity contribution in [1.29, 1.82) is 0 Å². The van der Waals surface area contributed by atoms with Crippen molar-refractivity contribution in [3.05, 3.63) is 23.7 Å². The van der Waals surface area contributed by atoms with Crippen LogP contribution >= 0.6 is 11.3 Å². The zero-order chi connectivity index (χ0) is 11.8. The van der Waals surface area contributed by atoms with Gasteiger partial charge in [0.1, 0.15) is 5.78 Å². The average Bonchev–Trinajstić information content (AvgIpc) is 2.63. The number of hydrogen-bond acceptors (Lipinski definition) is 4. The maximum absolute atomic E-state index is 11.6. The van der Waals surface area contributed by atoms with Crippen LogP contribution in [-0.2, 0) is 11.2 Å². The van der Waals surface area contributed by atoms with Crippen LogP contribution in [0, 0.1) is 0 Å². The second kappa shape index (κ2) is 7.17. The number of thiazole rings is 1. The Morgan fingerprint density at radius 3 is 2.94 bits per heavy atom. The van der Waals surface area contributed by atoms with Gasteiger partial charge in [0.05, 0.1) is 5.69 Å². The van der Waals surface area contributed by atoms with Crippen molar-refractivity contribution >= 4 is 22.3 Å². The van der Waals surface area contributed by atoms with Crippen molar-refractivity contribution in [3.8, 4) is 0 Å². The Morgan fingerprint density at radius 1 is 1.50 bits per heavy atom. The molecule has 0 radical (unpaired) electrons. The van der Waals surface area contributed by atoms with E-state index in [2.05, 4.69) is 11.6 Å². The summed E-state index contributed by atoms with van der Waals surface area (Å²) >= 11 is 1.38. The Balaban J connectivity index is 2.14. The summed E-state index contributed by atoms with van der Waals surface area (Å²) in [4.78, 5) is 15.6. The first-order chi connectivity index (χ1) is 7.72. The van der Waals surface area contributed by atoms with E-state index in [-0.39, 0.29) is 5.78 Å². The Morgan fingerprint density at radius 2 is 2.31 bits per heavy atom. The normalized spacial score (nSPS) is 10.2. The third-order valence-corrected chi connectivity index (χ3v) is 3.03. The van der Waals surface area contributed by atoms with Crippen LogP contribution < -0.4 is 5.73 Å². The number of anilines is 1. The van der Waals surface area contributed by atoms with Crippen LogP contribution in [0.25, 0.3) is 0 Å². The summed E-state index contributed by atoms with van der Waals surface area (Å²) in [5.74, 6) is 0.254. The number of ketones is 1. The van der Waals surface area contributed by atoms with Crippen LogP contribution in [0.2, 0.25) is 0 Å². The smallest absolute Gasteiger partial charge is 0.180 e. The number of allylic oxidation sites excluding steroid dienone is 1. The molecule has 0 atom stereocenters. The zero-order valence-electron chi connectivity index (χ0n) is 9.45. The van der Waals surface area contributed by atoms with Crippen LogP contribution in [0.15, 0.2) is 18.0 Å².